The molecule has 1 atom stereocenters. The molecule has 0 spiro atoms. The van der Waals surface area contributed by atoms with Gasteiger partial charge in [-0.05, 0) is 80.6 Å². The maximum Gasteiger partial charge on any atom is 0.0650 e. The molecule has 0 aromatic heterocycles. The number of alkyl halides is 1. The van der Waals surface area contributed by atoms with Gasteiger partial charge in [-0.2, -0.15) is 0 Å². The third kappa shape index (κ3) is 2.33. The van der Waals surface area contributed by atoms with Gasteiger partial charge in [-0.15, -0.1) is 0 Å². The number of halogens is 2. The van der Waals surface area contributed by atoms with Crippen molar-refractivity contribution in [3.63, 3.8) is 0 Å². The van der Waals surface area contributed by atoms with E-state index >= 15 is 0 Å². The number of benzene rings is 3. The molecular weight excluding hydrogens is 435 g/mol. The van der Waals surface area contributed by atoms with E-state index in [2.05, 4.69) is 93.1 Å². The smallest absolute Gasteiger partial charge is 0.0650 e. The highest BCUT2D eigenvalue weighted by atomic mass is 127. The number of aryl methyl sites for hydroxylation is 2. The van der Waals surface area contributed by atoms with Gasteiger partial charge >= 0.3 is 0 Å². The second kappa shape index (κ2) is 5.40. The van der Waals surface area contributed by atoms with Gasteiger partial charge in [-0.3, -0.25) is 0 Å². The van der Waals surface area contributed by atoms with Crippen LogP contribution in [0.5, 0.6) is 0 Å². The minimum atomic E-state index is 0.247. The second-order valence-corrected chi connectivity index (χ2v) is 7.73. The van der Waals surface area contributed by atoms with Gasteiger partial charge in [0, 0.05) is 3.57 Å². The third-order valence-electron chi connectivity index (χ3n) is 4.33. The molecule has 0 nitrogen and oxygen atoms in total. The monoisotopic (exact) mass is 448 g/mol. The summed E-state index contributed by atoms with van der Waals surface area (Å²) in [5.41, 5.74) is 5.71. The Morgan fingerprint density at radius 2 is 1.67 bits per heavy atom. The summed E-state index contributed by atoms with van der Waals surface area (Å²) in [6.45, 7) is 0. The molecule has 1 unspecified atom stereocenters. The van der Waals surface area contributed by atoms with Gasteiger partial charge in [0.1, 0.15) is 0 Å². The highest BCUT2D eigenvalue weighted by Crippen LogP contribution is 2.40. The summed E-state index contributed by atoms with van der Waals surface area (Å²) < 4.78 is 1.28. The zero-order chi connectivity index (χ0) is 14.4. The molecule has 1 aliphatic carbocycles. The van der Waals surface area contributed by atoms with E-state index in [-0.39, 0.29) is 4.83 Å². The molecule has 3 aromatic carbocycles. The first-order chi connectivity index (χ1) is 10.2. The van der Waals surface area contributed by atoms with E-state index < -0.39 is 0 Å². The predicted octanol–water partition coefficient (Wildman–Crippen LogP) is 6.03. The Balaban J connectivity index is 1.92. The van der Waals surface area contributed by atoms with Crippen LogP contribution in [0.1, 0.15) is 27.1 Å². The molecule has 0 amide bonds. The van der Waals surface area contributed by atoms with Gasteiger partial charge in [0.15, 0.2) is 0 Å². The molecule has 0 N–H and O–H groups in total. The molecule has 1 aliphatic rings. The van der Waals surface area contributed by atoms with Crippen LogP contribution in [0.25, 0.3) is 10.8 Å². The van der Waals surface area contributed by atoms with E-state index in [0.717, 1.165) is 0 Å². The van der Waals surface area contributed by atoms with Crippen molar-refractivity contribution in [3.05, 3.63) is 80.4 Å². The molecule has 0 aliphatic heterocycles. The first kappa shape index (κ1) is 13.8. The lowest BCUT2D eigenvalue weighted by Crippen LogP contribution is -1.95. The van der Waals surface area contributed by atoms with Crippen LogP contribution in [-0.4, -0.2) is 0 Å². The Bertz CT molecular complexity index is 828. The van der Waals surface area contributed by atoms with Crippen LogP contribution in [0, 0.1) is 3.57 Å². The van der Waals surface area contributed by atoms with Crippen molar-refractivity contribution >= 4 is 49.3 Å². The lowest BCUT2D eigenvalue weighted by molar-refractivity contribution is 1.02. The number of hydrogen-bond donors (Lipinski definition) is 0. The Labute approximate surface area is 146 Å². The number of hydrogen-bond acceptors (Lipinski definition) is 0. The highest BCUT2D eigenvalue weighted by Gasteiger charge is 2.19. The molecule has 0 saturated heterocycles. The average Bonchev–Trinajstić information content (AvgIpc) is 2.92. The van der Waals surface area contributed by atoms with Crippen LogP contribution in [-0.2, 0) is 12.8 Å². The summed E-state index contributed by atoms with van der Waals surface area (Å²) in [7, 11) is 0. The highest BCUT2D eigenvalue weighted by molar-refractivity contribution is 14.1. The summed E-state index contributed by atoms with van der Waals surface area (Å²) in [5.74, 6) is 0. The van der Waals surface area contributed by atoms with E-state index in [1.54, 1.807) is 0 Å². The van der Waals surface area contributed by atoms with Crippen LogP contribution >= 0.6 is 38.5 Å². The van der Waals surface area contributed by atoms with Crippen molar-refractivity contribution in [1.82, 2.24) is 0 Å². The van der Waals surface area contributed by atoms with Gasteiger partial charge < -0.3 is 0 Å². The fraction of sp³-hybridized carbons (Fsp3) is 0.158. The fourth-order valence-corrected chi connectivity index (χ4v) is 4.59. The molecule has 0 radical (unpaired) electrons. The molecule has 0 saturated carbocycles. The lowest BCUT2D eigenvalue weighted by Gasteiger charge is -2.15. The minimum absolute atomic E-state index is 0.247. The molecule has 0 bridgehead atoms. The lowest BCUT2D eigenvalue weighted by atomic mass is 9.95. The standard InChI is InChI=1S/C19H14BrI/c20-19(14-4-1-5-15(21)11-14)17-10-9-13-8-7-12-3-2-6-16(17)18(12)13/h1-6,9-11,19H,7-8H2. The molecule has 4 rings (SSSR count). The van der Waals surface area contributed by atoms with E-state index in [9.17, 15) is 0 Å². The Hall–Kier alpha value is -0.870. The van der Waals surface area contributed by atoms with Crippen molar-refractivity contribution in [2.45, 2.75) is 17.7 Å². The zero-order valence-corrected chi connectivity index (χ0v) is 15.2. The van der Waals surface area contributed by atoms with Crippen LogP contribution in [0.3, 0.4) is 0 Å². The maximum atomic E-state index is 3.92. The van der Waals surface area contributed by atoms with Gasteiger partial charge in [-0.25, -0.2) is 0 Å². The fourth-order valence-electron chi connectivity index (χ4n) is 3.33. The van der Waals surface area contributed by atoms with Gasteiger partial charge in [0.25, 0.3) is 0 Å². The molecule has 0 heterocycles. The summed E-state index contributed by atoms with van der Waals surface area (Å²) in [4.78, 5) is 0.247. The van der Waals surface area contributed by atoms with Crippen molar-refractivity contribution in [1.29, 1.82) is 0 Å². The van der Waals surface area contributed by atoms with Gasteiger partial charge in [0.2, 0.25) is 0 Å². The average molecular weight is 449 g/mol. The van der Waals surface area contributed by atoms with Crippen molar-refractivity contribution in [2.75, 3.05) is 0 Å². The summed E-state index contributed by atoms with van der Waals surface area (Å²) in [6.07, 6.45) is 2.37. The Morgan fingerprint density at radius 3 is 2.48 bits per heavy atom. The van der Waals surface area contributed by atoms with Gasteiger partial charge in [0.05, 0.1) is 4.83 Å². The van der Waals surface area contributed by atoms with E-state index in [1.807, 2.05) is 0 Å². The largest absolute Gasteiger partial charge is 0.0786 e. The first-order valence-electron chi connectivity index (χ1n) is 7.17. The first-order valence-corrected chi connectivity index (χ1v) is 9.16. The van der Waals surface area contributed by atoms with Crippen LogP contribution < -0.4 is 0 Å². The molecule has 21 heavy (non-hydrogen) atoms. The Morgan fingerprint density at radius 1 is 0.905 bits per heavy atom. The quantitative estimate of drug-likeness (QED) is 0.331. The molecule has 0 fully saturated rings. The maximum absolute atomic E-state index is 3.92. The SMILES string of the molecule is BrC(c1cccc(I)c1)c1ccc2c3c(cccc13)CC2. The topological polar surface area (TPSA) is 0 Å². The summed E-state index contributed by atoms with van der Waals surface area (Å²) in [6, 6.07) is 20.1. The second-order valence-electron chi connectivity index (χ2n) is 5.57. The summed E-state index contributed by atoms with van der Waals surface area (Å²) >= 11 is 6.29. The van der Waals surface area contributed by atoms with Gasteiger partial charge in [-0.1, -0.05) is 58.4 Å². The van der Waals surface area contributed by atoms with Crippen molar-refractivity contribution < 1.29 is 0 Å². The van der Waals surface area contributed by atoms with E-state index in [0.29, 0.717) is 0 Å². The van der Waals surface area contributed by atoms with Crippen molar-refractivity contribution in [2.24, 2.45) is 0 Å². The Kier molecular flexibility index (Phi) is 3.54. The van der Waals surface area contributed by atoms with Crippen LogP contribution in [0.4, 0.5) is 0 Å². The molecule has 3 aromatic rings. The van der Waals surface area contributed by atoms with Crippen LogP contribution in [0.15, 0.2) is 54.6 Å². The van der Waals surface area contributed by atoms with E-state index in [4.69, 9.17) is 0 Å². The third-order valence-corrected chi connectivity index (χ3v) is 6.02. The summed E-state index contributed by atoms with van der Waals surface area (Å²) in [5, 5.41) is 2.90. The molecule has 104 valence electrons. The molecular formula is C19H14BrI. The van der Waals surface area contributed by atoms with Crippen LogP contribution in [0.2, 0.25) is 0 Å². The minimum Gasteiger partial charge on any atom is -0.0786 e. The molecule has 2 heteroatoms. The zero-order valence-electron chi connectivity index (χ0n) is 11.4. The predicted molar refractivity (Wildman–Crippen MR) is 101 cm³/mol. The normalized spacial score (nSPS) is 14.6. The van der Waals surface area contributed by atoms with E-state index in [1.165, 1.54) is 49.4 Å². The van der Waals surface area contributed by atoms with Crippen molar-refractivity contribution in [3.8, 4) is 0 Å². The number of rotatable bonds is 2.